The SMILES string of the molecule is CCO[Si](CCNc1nc(-c2ccccc2)c(N=Nc2ccc(OC)cc2)s1)(OCC)OCC. The molecule has 0 aliphatic carbocycles. The maximum atomic E-state index is 5.95. The topological polar surface area (TPSA) is 86.6 Å². The van der Waals surface area contributed by atoms with Crippen molar-refractivity contribution in [2.75, 3.05) is 38.8 Å². The molecule has 182 valence electrons. The average Bonchev–Trinajstić information content (AvgIpc) is 3.27. The molecule has 1 aromatic heterocycles. The lowest BCUT2D eigenvalue weighted by Gasteiger charge is -2.28. The minimum Gasteiger partial charge on any atom is -0.497 e. The van der Waals surface area contributed by atoms with Crippen molar-refractivity contribution in [3.8, 4) is 17.0 Å². The van der Waals surface area contributed by atoms with Crippen molar-refractivity contribution >= 4 is 36.0 Å². The minimum atomic E-state index is -2.73. The zero-order chi connectivity index (χ0) is 24.2. The predicted octanol–water partition coefficient (Wildman–Crippen LogP) is 6.69. The fourth-order valence-electron chi connectivity index (χ4n) is 3.32. The van der Waals surface area contributed by atoms with Gasteiger partial charge in [0, 0.05) is 38.0 Å². The van der Waals surface area contributed by atoms with Crippen molar-refractivity contribution in [1.29, 1.82) is 0 Å². The van der Waals surface area contributed by atoms with Gasteiger partial charge in [0.1, 0.15) is 11.4 Å². The lowest BCUT2D eigenvalue weighted by Crippen LogP contribution is -2.47. The fraction of sp³-hybridized carbons (Fsp3) is 0.375. The van der Waals surface area contributed by atoms with Crippen LogP contribution in [0.5, 0.6) is 5.75 Å². The molecule has 0 atom stereocenters. The second-order valence-electron chi connectivity index (χ2n) is 7.10. The monoisotopic (exact) mass is 500 g/mol. The van der Waals surface area contributed by atoms with Crippen molar-refractivity contribution in [2.24, 2.45) is 10.2 Å². The Labute approximate surface area is 206 Å². The van der Waals surface area contributed by atoms with E-state index in [4.69, 9.17) is 23.0 Å². The Morgan fingerprint density at radius 2 is 1.53 bits per heavy atom. The second kappa shape index (κ2) is 13.3. The molecule has 3 rings (SSSR count). The van der Waals surface area contributed by atoms with Gasteiger partial charge >= 0.3 is 8.80 Å². The van der Waals surface area contributed by atoms with Gasteiger partial charge in [0.05, 0.1) is 12.8 Å². The summed E-state index contributed by atoms with van der Waals surface area (Å²) in [6, 6.07) is 18.1. The van der Waals surface area contributed by atoms with E-state index in [0.29, 0.717) is 32.4 Å². The summed E-state index contributed by atoms with van der Waals surface area (Å²) < 4.78 is 23.0. The largest absolute Gasteiger partial charge is 0.502 e. The molecule has 0 saturated carbocycles. The first-order valence-electron chi connectivity index (χ1n) is 11.4. The molecule has 34 heavy (non-hydrogen) atoms. The van der Waals surface area contributed by atoms with Crippen molar-refractivity contribution in [1.82, 2.24) is 4.98 Å². The van der Waals surface area contributed by atoms with E-state index in [0.717, 1.165) is 32.8 Å². The summed E-state index contributed by atoms with van der Waals surface area (Å²) in [5.74, 6) is 0.777. The van der Waals surface area contributed by atoms with Gasteiger partial charge in [-0.2, -0.15) is 0 Å². The summed E-state index contributed by atoms with van der Waals surface area (Å²) in [7, 11) is -1.09. The highest BCUT2D eigenvalue weighted by Gasteiger charge is 2.39. The van der Waals surface area contributed by atoms with Gasteiger partial charge in [-0.1, -0.05) is 41.7 Å². The molecule has 1 N–H and O–H groups in total. The van der Waals surface area contributed by atoms with Crippen molar-refractivity contribution < 1.29 is 18.0 Å². The molecule has 0 unspecified atom stereocenters. The number of rotatable bonds is 14. The first kappa shape index (κ1) is 26.0. The molecular weight excluding hydrogens is 468 g/mol. The fourth-order valence-corrected chi connectivity index (χ4v) is 6.59. The zero-order valence-electron chi connectivity index (χ0n) is 20.1. The number of hydrogen-bond donors (Lipinski definition) is 1. The molecule has 0 spiro atoms. The van der Waals surface area contributed by atoms with Crippen LogP contribution in [0.1, 0.15) is 20.8 Å². The Morgan fingerprint density at radius 3 is 2.12 bits per heavy atom. The van der Waals surface area contributed by atoms with Crippen LogP contribution in [0, 0.1) is 0 Å². The summed E-state index contributed by atoms with van der Waals surface area (Å²) in [5, 5.41) is 13.8. The summed E-state index contributed by atoms with van der Waals surface area (Å²) in [6.07, 6.45) is 0. The van der Waals surface area contributed by atoms with Crippen LogP contribution in [-0.2, 0) is 13.3 Å². The summed E-state index contributed by atoms with van der Waals surface area (Å²) in [6.45, 7) is 8.15. The molecular formula is C24H32N4O4SSi. The first-order chi connectivity index (χ1) is 16.6. The van der Waals surface area contributed by atoms with Crippen LogP contribution < -0.4 is 10.1 Å². The standard InChI is InChI=1S/C24H32N4O4SSi/c1-5-30-34(31-6-2,32-7-3)18-17-25-24-26-22(19-11-9-8-10-12-19)23(33-24)28-27-20-13-15-21(29-4)16-14-20/h8-16H,5-7,17-18H2,1-4H3,(H,25,26). The number of benzene rings is 2. The van der Waals surface area contributed by atoms with Gasteiger partial charge in [-0.25, -0.2) is 4.98 Å². The Morgan fingerprint density at radius 1 is 0.882 bits per heavy atom. The number of thiazole rings is 1. The van der Waals surface area contributed by atoms with Gasteiger partial charge < -0.3 is 23.3 Å². The molecule has 3 aromatic rings. The smallest absolute Gasteiger partial charge is 0.497 e. The summed E-state index contributed by atoms with van der Waals surface area (Å²) >= 11 is 1.46. The predicted molar refractivity (Wildman–Crippen MR) is 139 cm³/mol. The number of aromatic nitrogens is 1. The molecule has 2 aromatic carbocycles. The van der Waals surface area contributed by atoms with Gasteiger partial charge in [0.25, 0.3) is 0 Å². The lowest BCUT2D eigenvalue weighted by atomic mass is 10.2. The van der Waals surface area contributed by atoms with Gasteiger partial charge in [0.15, 0.2) is 10.1 Å². The van der Waals surface area contributed by atoms with Crippen LogP contribution in [0.25, 0.3) is 11.3 Å². The van der Waals surface area contributed by atoms with E-state index in [1.807, 2.05) is 75.4 Å². The van der Waals surface area contributed by atoms with E-state index in [-0.39, 0.29) is 0 Å². The Bertz CT molecular complexity index is 1010. The highest BCUT2D eigenvalue weighted by atomic mass is 32.1. The number of methoxy groups -OCH3 is 1. The molecule has 8 nitrogen and oxygen atoms in total. The zero-order valence-corrected chi connectivity index (χ0v) is 21.9. The van der Waals surface area contributed by atoms with Crippen LogP contribution in [0.3, 0.4) is 0 Å². The quantitative estimate of drug-likeness (QED) is 0.196. The summed E-state index contributed by atoms with van der Waals surface area (Å²) in [4.78, 5) is 4.80. The van der Waals surface area contributed by atoms with E-state index in [1.54, 1.807) is 7.11 Å². The molecule has 0 radical (unpaired) electrons. The number of nitrogens with zero attached hydrogens (tertiary/aromatic N) is 3. The molecule has 1 heterocycles. The van der Waals surface area contributed by atoms with Gasteiger partial charge in [-0.05, 0) is 45.0 Å². The number of azo groups is 1. The van der Waals surface area contributed by atoms with Gasteiger partial charge in [0.2, 0.25) is 0 Å². The van der Waals surface area contributed by atoms with Crippen molar-refractivity contribution in [3.63, 3.8) is 0 Å². The van der Waals surface area contributed by atoms with E-state index in [2.05, 4.69) is 15.5 Å². The van der Waals surface area contributed by atoms with Crippen molar-refractivity contribution in [3.05, 3.63) is 54.6 Å². The molecule has 0 saturated heterocycles. The Hall–Kier alpha value is -2.63. The summed E-state index contributed by atoms with van der Waals surface area (Å²) in [5.41, 5.74) is 2.51. The molecule has 10 heteroatoms. The maximum Gasteiger partial charge on any atom is 0.502 e. The van der Waals surface area contributed by atoms with Gasteiger partial charge in [-0.15, -0.1) is 10.2 Å². The highest BCUT2D eigenvalue weighted by molar-refractivity contribution is 7.19. The molecule has 0 fully saturated rings. The van der Waals surface area contributed by atoms with Crippen LogP contribution >= 0.6 is 11.3 Å². The highest BCUT2D eigenvalue weighted by Crippen LogP contribution is 2.39. The number of ether oxygens (including phenoxy) is 1. The van der Waals surface area contributed by atoms with Crippen molar-refractivity contribution in [2.45, 2.75) is 26.8 Å². The normalized spacial score (nSPS) is 11.8. The molecule has 0 aliphatic heterocycles. The van der Waals surface area contributed by atoms with E-state index < -0.39 is 8.80 Å². The van der Waals surface area contributed by atoms with Crippen LogP contribution in [0.15, 0.2) is 64.8 Å². The maximum absolute atomic E-state index is 5.95. The van der Waals surface area contributed by atoms with Gasteiger partial charge in [-0.3, -0.25) is 0 Å². The first-order valence-corrected chi connectivity index (χ1v) is 14.2. The second-order valence-corrected chi connectivity index (χ2v) is 10.8. The molecule has 0 aliphatic rings. The molecule has 0 bridgehead atoms. The Kier molecular flexibility index (Phi) is 10.2. The number of hydrogen-bond acceptors (Lipinski definition) is 9. The third-order valence-corrected chi connectivity index (χ3v) is 8.73. The molecule has 0 amide bonds. The third kappa shape index (κ3) is 7.18. The lowest BCUT2D eigenvalue weighted by molar-refractivity contribution is 0.0722. The van der Waals surface area contributed by atoms with E-state index >= 15 is 0 Å². The van der Waals surface area contributed by atoms with E-state index in [9.17, 15) is 0 Å². The van der Waals surface area contributed by atoms with Crippen LogP contribution in [0.2, 0.25) is 6.04 Å². The number of anilines is 1. The van der Waals surface area contributed by atoms with Crippen LogP contribution in [-0.4, -0.2) is 47.3 Å². The van der Waals surface area contributed by atoms with E-state index in [1.165, 1.54) is 11.3 Å². The number of nitrogens with one attached hydrogen (secondary N) is 1. The third-order valence-electron chi connectivity index (χ3n) is 4.79. The van der Waals surface area contributed by atoms with Crippen LogP contribution in [0.4, 0.5) is 15.8 Å². The minimum absolute atomic E-state index is 0.553. The Balaban J connectivity index is 1.79. The average molecular weight is 501 g/mol.